The van der Waals surface area contributed by atoms with E-state index in [1.165, 1.54) is 42.4 Å². The Morgan fingerprint density at radius 2 is 1.96 bits per heavy atom. The number of carbonyl (C=O) groups excluding carboxylic acids is 1. The smallest absolute Gasteiger partial charge is 0.236 e. The van der Waals surface area contributed by atoms with Crippen molar-refractivity contribution in [2.45, 2.75) is 50.9 Å². The van der Waals surface area contributed by atoms with Crippen molar-refractivity contribution < 1.29 is 4.79 Å². The fourth-order valence-corrected chi connectivity index (χ4v) is 4.20. The van der Waals surface area contributed by atoms with Crippen molar-refractivity contribution in [3.63, 3.8) is 0 Å². The molecule has 0 spiro atoms. The first-order valence-corrected chi connectivity index (χ1v) is 10.1. The topological polar surface area (TPSA) is 49.6 Å². The Bertz CT molecular complexity index is 657. The summed E-state index contributed by atoms with van der Waals surface area (Å²) >= 11 is 0. The van der Waals surface area contributed by atoms with Crippen LogP contribution in [0.3, 0.4) is 0 Å². The summed E-state index contributed by atoms with van der Waals surface area (Å²) in [6.45, 7) is 2.23. The molecule has 1 saturated heterocycles. The number of benzene rings is 1. The van der Waals surface area contributed by atoms with Gasteiger partial charge in [0.15, 0.2) is 0 Å². The van der Waals surface area contributed by atoms with Crippen LogP contribution < -0.4 is 5.73 Å². The zero-order chi connectivity index (χ0) is 18.5. The minimum absolute atomic E-state index is 0.245. The lowest BCUT2D eigenvalue weighted by molar-refractivity contribution is -0.132. The molecule has 1 aromatic rings. The molecule has 1 aliphatic carbocycles. The Morgan fingerprint density at radius 1 is 1.19 bits per heavy atom. The Kier molecular flexibility index (Phi) is 6.36. The number of anilines is 1. The summed E-state index contributed by atoms with van der Waals surface area (Å²) in [6, 6.07) is 6.60. The average molecular weight is 356 g/mol. The monoisotopic (exact) mass is 355 g/mol. The van der Waals surface area contributed by atoms with Crippen molar-refractivity contribution in [1.29, 1.82) is 0 Å². The first-order valence-electron chi connectivity index (χ1n) is 10.1. The van der Waals surface area contributed by atoms with Crippen molar-refractivity contribution in [2.75, 3.05) is 39.5 Å². The number of carbonyl (C=O) groups is 1. The average Bonchev–Trinajstić information content (AvgIpc) is 2.91. The maximum absolute atomic E-state index is 12.2. The van der Waals surface area contributed by atoms with Gasteiger partial charge < -0.3 is 15.5 Å². The molecule has 4 heteroatoms. The van der Waals surface area contributed by atoms with Crippen LogP contribution >= 0.6 is 0 Å². The fourth-order valence-electron chi connectivity index (χ4n) is 4.20. The van der Waals surface area contributed by atoms with Crippen LogP contribution in [0.5, 0.6) is 0 Å². The molecular weight excluding hydrogens is 322 g/mol. The van der Waals surface area contributed by atoms with E-state index in [4.69, 9.17) is 5.73 Å². The van der Waals surface area contributed by atoms with Crippen LogP contribution in [0.15, 0.2) is 24.3 Å². The Morgan fingerprint density at radius 3 is 2.69 bits per heavy atom. The van der Waals surface area contributed by atoms with Crippen molar-refractivity contribution in [2.24, 2.45) is 0 Å². The van der Waals surface area contributed by atoms with Gasteiger partial charge in [0.05, 0.1) is 6.54 Å². The lowest BCUT2D eigenvalue weighted by Gasteiger charge is -2.33. The molecule has 0 aromatic heterocycles. The Hall–Kier alpha value is -1.81. The van der Waals surface area contributed by atoms with Crippen molar-refractivity contribution in [1.82, 2.24) is 9.80 Å². The molecule has 2 aliphatic rings. The van der Waals surface area contributed by atoms with Gasteiger partial charge in [0.2, 0.25) is 5.91 Å². The molecule has 3 rings (SSSR count). The predicted octanol–water partition coefficient (Wildman–Crippen LogP) is 3.88. The number of likely N-dealkylation sites (N-methyl/N-ethyl adjacent to an activating group) is 1. The molecule has 0 saturated carbocycles. The third-order valence-corrected chi connectivity index (χ3v) is 5.73. The predicted molar refractivity (Wildman–Crippen MR) is 109 cm³/mol. The summed E-state index contributed by atoms with van der Waals surface area (Å²) in [5, 5.41) is 0. The van der Waals surface area contributed by atoms with E-state index in [-0.39, 0.29) is 5.91 Å². The molecule has 1 aliphatic heterocycles. The Balaban J connectivity index is 1.68. The quantitative estimate of drug-likeness (QED) is 0.834. The van der Waals surface area contributed by atoms with Crippen LogP contribution in [0.4, 0.5) is 5.69 Å². The molecule has 1 aromatic carbocycles. The molecule has 2 N–H and O–H groups in total. The summed E-state index contributed by atoms with van der Waals surface area (Å²) in [4.78, 5) is 16.2. The van der Waals surface area contributed by atoms with Crippen LogP contribution in [0, 0.1) is 0 Å². The summed E-state index contributed by atoms with van der Waals surface area (Å²) in [7, 11) is 3.89. The summed E-state index contributed by atoms with van der Waals surface area (Å²) < 4.78 is 0. The first-order chi connectivity index (χ1) is 12.5. The molecule has 0 atom stereocenters. The minimum atomic E-state index is 0.245. The highest BCUT2D eigenvalue weighted by molar-refractivity contribution is 5.78. The number of nitrogens with two attached hydrogens (primary N) is 1. The van der Waals surface area contributed by atoms with Gasteiger partial charge in [-0.3, -0.25) is 4.79 Å². The van der Waals surface area contributed by atoms with Gasteiger partial charge >= 0.3 is 0 Å². The first kappa shape index (κ1) is 19.0. The van der Waals surface area contributed by atoms with Crippen LogP contribution in [-0.2, 0) is 4.79 Å². The highest BCUT2D eigenvalue weighted by atomic mass is 16.2. The van der Waals surface area contributed by atoms with E-state index in [9.17, 15) is 4.79 Å². The number of hydrogen-bond donors (Lipinski definition) is 1. The SMILES string of the molecule is CN(C)CC(=O)N1CCC(c2ccc(N)c(C3=CCCCCC3)c2)CC1. The van der Waals surface area contributed by atoms with E-state index < -0.39 is 0 Å². The second-order valence-electron chi connectivity index (χ2n) is 8.07. The highest BCUT2D eigenvalue weighted by Crippen LogP contribution is 2.35. The number of likely N-dealkylation sites (tertiary alicyclic amines) is 1. The molecule has 0 bridgehead atoms. The van der Waals surface area contributed by atoms with Crippen LogP contribution in [-0.4, -0.2) is 49.4 Å². The summed E-state index contributed by atoms with van der Waals surface area (Å²) in [5.74, 6) is 0.777. The van der Waals surface area contributed by atoms with Crippen molar-refractivity contribution >= 4 is 17.2 Å². The van der Waals surface area contributed by atoms with Crippen LogP contribution in [0.25, 0.3) is 5.57 Å². The Labute approximate surface area is 158 Å². The van der Waals surface area contributed by atoms with Gasteiger partial charge in [-0.15, -0.1) is 0 Å². The molecule has 0 radical (unpaired) electrons. The fraction of sp³-hybridized carbons (Fsp3) is 0.591. The van der Waals surface area contributed by atoms with Crippen molar-refractivity contribution in [3.05, 3.63) is 35.4 Å². The van der Waals surface area contributed by atoms with Crippen molar-refractivity contribution in [3.8, 4) is 0 Å². The van der Waals surface area contributed by atoms with Gasteiger partial charge in [-0.05, 0) is 81.8 Å². The number of allylic oxidation sites excluding steroid dienone is 2. The maximum Gasteiger partial charge on any atom is 0.236 e. The molecule has 1 heterocycles. The van der Waals surface area contributed by atoms with E-state index in [0.717, 1.165) is 38.0 Å². The van der Waals surface area contributed by atoms with Gasteiger partial charge in [0.1, 0.15) is 0 Å². The van der Waals surface area contributed by atoms with Crippen LogP contribution in [0.1, 0.15) is 62.0 Å². The number of nitrogens with zero attached hydrogens (tertiary/aromatic N) is 2. The number of piperidine rings is 1. The third kappa shape index (κ3) is 4.67. The normalized spacial score (nSPS) is 19.3. The van der Waals surface area contributed by atoms with Gasteiger partial charge in [-0.2, -0.15) is 0 Å². The van der Waals surface area contributed by atoms with E-state index >= 15 is 0 Å². The summed E-state index contributed by atoms with van der Waals surface area (Å²) in [6.07, 6.45) is 10.7. The zero-order valence-corrected chi connectivity index (χ0v) is 16.3. The zero-order valence-electron chi connectivity index (χ0n) is 16.3. The number of amides is 1. The van der Waals surface area contributed by atoms with E-state index in [0.29, 0.717) is 12.5 Å². The largest absolute Gasteiger partial charge is 0.398 e. The lowest BCUT2D eigenvalue weighted by atomic mass is 9.86. The second kappa shape index (κ2) is 8.72. The number of nitrogen functional groups attached to an aromatic ring is 1. The van der Waals surface area contributed by atoms with E-state index in [1.807, 2.05) is 23.9 Å². The third-order valence-electron chi connectivity index (χ3n) is 5.73. The lowest BCUT2D eigenvalue weighted by Crippen LogP contribution is -2.42. The van der Waals surface area contributed by atoms with Gasteiger partial charge in [-0.1, -0.05) is 18.6 Å². The molecular formula is C22H33N3O. The molecule has 1 amide bonds. The van der Waals surface area contributed by atoms with Gasteiger partial charge in [0, 0.05) is 24.3 Å². The molecule has 0 unspecified atom stereocenters. The molecule has 142 valence electrons. The number of hydrogen-bond acceptors (Lipinski definition) is 3. The van der Waals surface area contributed by atoms with E-state index in [1.54, 1.807) is 0 Å². The van der Waals surface area contributed by atoms with Gasteiger partial charge in [0.25, 0.3) is 0 Å². The second-order valence-corrected chi connectivity index (χ2v) is 8.07. The van der Waals surface area contributed by atoms with Crippen LogP contribution in [0.2, 0.25) is 0 Å². The molecule has 26 heavy (non-hydrogen) atoms. The standard InChI is InChI=1S/C22H33N3O/c1-24(2)16-22(26)25-13-11-17(12-14-25)19-9-10-21(23)20(15-19)18-7-5-3-4-6-8-18/h7,9-10,15,17H,3-6,8,11-14,16,23H2,1-2H3. The summed E-state index contributed by atoms with van der Waals surface area (Å²) in [5.41, 5.74) is 11.3. The number of rotatable bonds is 4. The molecule has 4 nitrogen and oxygen atoms in total. The maximum atomic E-state index is 12.2. The minimum Gasteiger partial charge on any atom is -0.398 e. The highest BCUT2D eigenvalue weighted by Gasteiger charge is 2.24. The molecule has 1 fully saturated rings. The van der Waals surface area contributed by atoms with E-state index in [2.05, 4.69) is 24.3 Å². The van der Waals surface area contributed by atoms with Gasteiger partial charge in [-0.25, -0.2) is 0 Å².